The first-order valence-corrected chi connectivity index (χ1v) is 5.85. The first kappa shape index (κ1) is 13.0. The highest BCUT2D eigenvalue weighted by molar-refractivity contribution is 5.81. The summed E-state index contributed by atoms with van der Waals surface area (Å²) in [5, 5.41) is 5.83. The molecule has 1 saturated heterocycles. The van der Waals surface area contributed by atoms with Gasteiger partial charge in [0.2, 0.25) is 5.91 Å². The number of amides is 1. The zero-order valence-corrected chi connectivity index (χ0v) is 9.75. The molecule has 0 spiro atoms. The topological polar surface area (TPSA) is 67.4 Å². The second kappa shape index (κ2) is 7.22. The van der Waals surface area contributed by atoms with Crippen LogP contribution in [0.3, 0.4) is 0 Å². The summed E-state index contributed by atoms with van der Waals surface area (Å²) >= 11 is 0. The van der Waals surface area contributed by atoms with Crippen LogP contribution in [0.15, 0.2) is 0 Å². The summed E-state index contributed by atoms with van der Waals surface area (Å²) < 4.78 is 4.72. The fourth-order valence-corrected chi connectivity index (χ4v) is 1.80. The van der Waals surface area contributed by atoms with Gasteiger partial charge in [-0.25, -0.2) is 0 Å². The van der Waals surface area contributed by atoms with Crippen LogP contribution in [0.4, 0.5) is 0 Å². The van der Waals surface area contributed by atoms with E-state index in [4.69, 9.17) is 4.74 Å². The molecule has 1 aliphatic rings. The van der Waals surface area contributed by atoms with Crippen molar-refractivity contribution in [3.8, 4) is 0 Å². The van der Waals surface area contributed by atoms with Crippen LogP contribution in [-0.2, 0) is 14.3 Å². The first-order chi connectivity index (χ1) is 7.72. The lowest BCUT2D eigenvalue weighted by molar-refractivity contribution is -0.143. The van der Waals surface area contributed by atoms with E-state index in [-0.39, 0.29) is 18.4 Å². The van der Waals surface area contributed by atoms with Crippen LogP contribution in [0.1, 0.15) is 26.2 Å². The standard InChI is InChI=1S/C11H20N2O3/c1-2-16-11(15)8-13-10(14)7-9-3-5-12-6-4-9/h9,12H,2-8H2,1H3,(H,13,14). The number of ether oxygens (including phenoxy) is 1. The molecular weight excluding hydrogens is 208 g/mol. The molecule has 0 aromatic carbocycles. The molecule has 5 heteroatoms. The molecule has 0 bridgehead atoms. The zero-order chi connectivity index (χ0) is 11.8. The van der Waals surface area contributed by atoms with Crippen LogP contribution in [0.2, 0.25) is 0 Å². The highest BCUT2D eigenvalue weighted by Gasteiger charge is 2.17. The maximum Gasteiger partial charge on any atom is 0.325 e. The largest absolute Gasteiger partial charge is 0.465 e. The second-order valence-corrected chi connectivity index (χ2v) is 3.98. The van der Waals surface area contributed by atoms with Crippen molar-refractivity contribution in [2.45, 2.75) is 26.2 Å². The van der Waals surface area contributed by atoms with Gasteiger partial charge >= 0.3 is 5.97 Å². The highest BCUT2D eigenvalue weighted by atomic mass is 16.5. The molecule has 1 aliphatic heterocycles. The fourth-order valence-electron chi connectivity index (χ4n) is 1.80. The minimum Gasteiger partial charge on any atom is -0.465 e. The Bertz CT molecular complexity index is 237. The Balaban J connectivity index is 2.12. The summed E-state index contributed by atoms with van der Waals surface area (Å²) in [5.41, 5.74) is 0. The lowest BCUT2D eigenvalue weighted by Gasteiger charge is -2.21. The second-order valence-electron chi connectivity index (χ2n) is 3.98. The molecule has 1 amide bonds. The molecular formula is C11H20N2O3. The molecule has 2 N–H and O–H groups in total. The third kappa shape index (κ3) is 5.11. The van der Waals surface area contributed by atoms with Crippen LogP contribution in [0, 0.1) is 5.92 Å². The Morgan fingerprint density at radius 1 is 1.38 bits per heavy atom. The number of carbonyl (C=O) groups excluding carboxylic acids is 2. The fraction of sp³-hybridized carbons (Fsp3) is 0.818. The van der Waals surface area contributed by atoms with Crippen molar-refractivity contribution >= 4 is 11.9 Å². The molecule has 1 rings (SSSR count). The Kier molecular flexibility index (Phi) is 5.85. The maximum atomic E-state index is 11.5. The lowest BCUT2D eigenvalue weighted by atomic mass is 9.94. The molecule has 92 valence electrons. The summed E-state index contributed by atoms with van der Waals surface area (Å²) in [7, 11) is 0. The highest BCUT2D eigenvalue weighted by Crippen LogP contribution is 2.15. The van der Waals surface area contributed by atoms with Crippen LogP contribution in [-0.4, -0.2) is 38.1 Å². The average Bonchev–Trinajstić information content (AvgIpc) is 2.28. The summed E-state index contributed by atoms with van der Waals surface area (Å²) in [6.07, 6.45) is 2.58. The molecule has 1 fully saturated rings. The van der Waals surface area contributed by atoms with Crippen molar-refractivity contribution in [2.75, 3.05) is 26.2 Å². The molecule has 0 saturated carbocycles. The van der Waals surface area contributed by atoms with Gasteiger partial charge in [-0.15, -0.1) is 0 Å². The number of carbonyl (C=O) groups is 2. The summed E-state index contributed by atoms with van der Waals surface area (Å²) in [6, 6.07) is 0. The molecule has 0 atom stereocenters. The summed E-state index contributed by atoms with van der Waals surface area (Å²) in [4.78, 5) is 22.5. The number of hydrogen-bond acceptors (Lipinski definition) is 4. The van der Waals surface area contributed by atoms with Gasteiger partial charge in [-0.3, -0.25) is 9.59 Å². The van der Waals surface area contributed by atoms with E-state index in [1.54, 1.807) is 6.92 Å². The van der Waals surface area contributed by atoms with Crippen LogP contribution in [0.25, 0.3) is 0 Å². The van der Waals surface area contributed by atoms with Gasteiger partial charge in [-0.2, -0.15) is 0 Å². The number of nitrogens with one attached hydrogen (secondary N) is 2. The normalized spacial score (nSPS) is 16.8. The molecule has 0 radical (unpaired) electrons. The molecule has 16 heavy (non-hydrogen) atoms. The maximum absolute atomic E-state index is 11.5. The minimum atomic E-state index is -0.374. The Morgan fingerprint density at radius 3 is 2.69 bits per heavy atom. The third-order valence-electron chi connectivity index (χ3n) is 2.67. The minimum absolute atomic E-state index is 0.0162. The monoisotopic (exact) mass is 228 g/mol. The quantitative estimate of drug-likeness (QED) is 0.653. The molecule has 0 aromatic rings. The SMILES string of the molecule is CCOC(=O)CNC(=O)CC1CCNCC1. The molecule has 0 aromatic heterocycles. The first-order valence-electron chi connectivity index (χ1n) is 5.85. The van der Waals surface area contributed by atoms with Gasteiger partial charge in [-0.1, -0.05) is 0 Å². The van der Waals surface area contributed by atoms with Gasteiger partial charge in [0.25, 0.3) is 0 Å². The van der Waals surface area contributed by atoms with E-state index in [9.17, 15) is 9.59 Å². The zero-order valence-electron chi connectivity index (χ0n) is 9.75. The van der Waals surface area contributed by atoms with Crippen molar-refractivity contribution in [2.24, 2.45) is 5.92 Å². The van der Waals surface area contributed by atoms with E-state index >= 15 is 0 Å². The van der Waals surface area contributed by atoms with Crippen LogP contribution in [0.5, 0.6) is 0 Å². The smallest absolute Gasteiger partial charge is 0.325 e. The average molecular weight is 228 g/mol. The van der Waals surface area contributed by atoms with Gasteiger partial charge < -0.3 is 15.4 Å². The number of esters is 1. The molecule has 1 heterocycles. The van der Waals surface area contributed by atoms with Gasteiger partial charge in [0.15, 0.2) is 0 Å². The van der Waals surface area contributed by atoms with E-state index in [0.717, 1.165) is 25.9 Å². The summed E-state index contributed by atoms with van der Waals surface area (Å²) in [6.45, 7) is 4.04. The third-order valence-corrected chi connectivity index (χ3v) is 2.67. The summed E-state index contributed by atoms with van der Waals surface area (Å²) in [5.74, 6) is 0.0181. The van der Waals surface area contributed by atoms with Crippen molar-refractivity contribution in [1.82, 2.24) is 10.6 Å². The lowest BCUT2D eigenvalue weighted by Crippen LogP contribution is -2.34. The van der Waals surface area contributed by atoms with Crippen LogP contribution < -0.4 is 10.6 Å². The van der Waals surface area contributed by atoms with Gasteiger partial charge in [0.05, 0.1) is 6.61 Å². The Morgan fingerprint density at radius 2 is 2.06 bits per heavy atom. The molecule has 0 aliphatic carbocycles. The van der Waals surface area contributed by atoms with Gasteiger partial charge in [0, 0.05) is 6.42 Å². The van der Waals surface area contributed by atoms with E-state index < -0.39 is 0 Å². The van der Waals surface area contributed by atoms with E-state index in [1.807, 2.05) is 0 Å². The van der Waals surface area contributed by atoms with Crippen molar-refractivity contribution < 1.29 is 14.3 Å². The van der Waals surface area contributed by atoms with Crippen LogP contribution >= 0.6 is 0 Å². The number of hydrogen-bond donors (Lipinski definition) is 2. The van der Waals surface area contributed by atoms with Crippen molar-refractivity contribution in [3.05, 3.63) is 0 Å². The number of rotatable bonds is 5. The predicted octanol–water partition coefficient (Wildman–Crippen LogP) is 0.0554. The van der Waals surface area contributed by atoms with Crippen molar-refractivity contribution in [1.29, 1.82) is 0 Å². The predicted molar refractivity (Wildman–Crippen MR) is 59.9 cm³/mol. The van der Waals surface area contributed by atoms with E-state index in [0.29, 0.717) is 18.9 Å². The van der Waals surface area contributed by atoms with E-state index in [1.165, 1.54) is 0 Å². The number of piperidine rings is 1. The molecule has 0 unspecified atom stereocenters. The Hall–Kier alpha value is -1.10. The molecule has 5 nitrogen and oxygen atoms in total. The van der Waals surface area contributed by atoms with E-state index in [2.05, 4.69) is 10.6 Å². The Labute approximate surface area is 95.9 Å². The van der Waals surface area contributed by atoms with Gasteiger partial charge in [-0.05, 0) is 38.8 Å². The van der Waals surface area contributed by atoms with Gasteiger partial charge in [0.1, 0.15) is 6.54 Å². The van der Waals surface area contributed by atoms with Crippen molar-refractivity contribution in [3.63, 3.8) is 0 Å².